The van der Waals surface area contributed by atoms with Crippen LogP contribution in [0.1, 0.15) is 35.3 Å². The van der Waals surface area contributed by atoms with E-state index < -0.39 is 15.6 Å². The van der Waals surface area contributed by atoms with E-state index in [1.54, 1.807) is 24.3 Å². The van der Waals surface area contributed by atoms with Crippen molar-refractivity contribution in [2.75, 3.05) is 26.3 Å². The monoisotopic (exact) mass is 416 g/mol. The van der Waals surface area contributed by atoms with Gasteiger partial charge in [-0.3, -0.25) is 4.79 Å². The highest BCUT2D eigenvalue weighted by atomic mass is 32.2. The molecule has 0 bridgehead atoms. The van der Waals surface area contributed by atoms with Gasteiger partial charge in [0.15, 0.2) is 0 Å². The Labute approximate surface area is 172 Å². The lowest BCUT2D eigenvalue weighted by molar-refractivity contribution is 0.0729. The lowest BCUT2D eigenvalue weighted by Crippen LogP contribution is -2.45. The number of nitrogens with one attached hydrogen (secondary N) is 1. The predicted molar refractivity (Wildman–Crippen MR) is 113 cm³/mol. The summed E-state index contributed by atoms with van der Waals surface area (Å²) >= 11 is 0. The van der Waals surface area contributed by atoms with Crippen molar-refractivity contribution in [2.24, 2.45) is 0 Å². The first-order chi connectivity index (χ1) is 13.8. The van der Waals surface area contributed by atoms with Crippen molar-refractivity contribution in [3.8, 4) is 0 Å². The molecule has 156 valence electrons. The van der Waals surface area contributed by atoms with Gasteiger partial charge in [-0.2, -0.15) is 4.31 Å². The highest BCUT2D eigenvalue weighted by Gasteiger charge is 2.25. The van der Waals surface area contributed by atoms with Crippen LogP contribution in [0.2, 0.25) is 0 Å². The molecule has 0 aromatic heterocycles. The Hall–Kier alpha value is -2.22. The van der Waals surface area contributed by atoms with E-state index in [0.717, 1.165) is 12.0 Å². The molecule has 29 heavy (non-hydrogen) atoms. The maximum atomic E-state index is 12.6. The van der Waals surface area contributed by atoms with Gasteiger partial charge < -0.3 is 10.1 Å². The fourth-order valence-corrected chi connectivity index (χ4v) is 4.91. The number of carbonyl (C=O) groups is 1. The molecule has 1 saturated heterocycles. The molecule has 1 heterocycles. The molecule has 2 aromatic carbocycles. The Balaban J connectivity index is 1.61. The third-order valence-electron chi connectivity index (χ3n) is 4.87. The lowest BCUT2D eigenvalue weighted by atomic mass is 9.94. The van der Waals surface area contributed by atoms with Crippen LogP contribution in [0.5, 0.6) is 0 Å². The smallest absolute Gasteiger partial charge is 0.251 e. The molecule has 0 aliphatic carbocycles. The number of hydrogen-bond acceptors (Lipinski definition) is 4. The summed E-state index contributed by atoms with van der Waals surface area (Å²) < 4.78 is 31.7. The second-order valence-corrected chi connectivity index (χ2v) is 9.93. The van der Waals surface area contributed by atoms with E-state index in [4.69, 9.17) is 4.74 Å². The van der Waals surface area contributed by atoms with Gasteiger partial charge in [0.1, 0.15) is 0 Å². The van der Waals surface area contributed by atoms with Gasteiger partial charge in [0.2, 0.25) is 10.0 Å². The highest BCUT2D eigenvalue weighted by Crippen LogP contribution is 2.16. The molecular weight excluding hydrogens is 388 g/mol. The first-order valence-electron chi connectivity index (χ1n) is 9.76. The number of ether oxygens (including phenoxy) is 1. The average Bonchev–Trinajstić information content (AvgIpc) is 2.69. The van der Waals surface area contributed by atoms with Gasteiger partial charge >= 0.3 is 0 Å². The molecule has 0 unspecified atom stereocenters. The largest absolute Gasteiger partial charge is 0.379 e. The number of morpholine rings is 1. The summed E-state index contributed by atoms with van der Waals surface area (Å²) in [7, 11) is -3.38. The zero-order chi connectivity index (χ0) is 20.9. The van der Waals surface area contributed by atoms with E-state index >= 15 is 0 Å². The molecule has 2 aromatic rings. The van der Waals surface area contributed by atoms with Gasteiger partial charge in [0.25, 0.3) is 5.91 Å². The Morgan fingerprint density at radius 2 is 1.62 bits per heavy atom. The summed E-state index contributed by atoms with van der Waals surface area (Å²) in [6.45, 7) is 5.61. The minimum absolute atomic E-state index is 0.0750. The molecule has 0 atom stereocenters. The number of benzene rings is 2. The van der Waals surface area contributed by atoms with E-state index in [2.05, 4.69) is 5.32 Å². The van der Waals surface area contributed by atoms with Gasteiger partial charge in [0, 0.05) is 24.2 Å². The van der Waals surface area contributed by atoms with Gasteiger partial charge in [-0.05, 0) is 43.5 Å². The molecule has 1 fully saturated rings. The van der Waals surface area contributed by atoms with Crippen LogP contribution >= 0.6 is 0 Å². The Morgan fingerprint density at radius 3 is 2.24 bits per heavy atom. The number of amides is 1. The zero-order valence-corrected chi connectivity index (χ0v) is 17.7. The van der Waals surface area contributed by atoms with Crippen molar-refractivity contribution in [2.45, 2.75) is 31.6 Å². The van der Waals surface area contributed by atoms with Crippen LogP contribution in [0.3, 0.4) is 0 Å². The normalized spacial score (nSPS) is 15.8. The van der Waals surface area contributed by atoms with Gasteiger partial charge in [-0.15, -0.1) is 0 Å². The van der Waals surface area contributed by atoms with E-state index in [1.807, 2.05) is 44.2 Å². The molecule has 1 aliphatic heterocycles. The van der Waals surface area contributed by atoms with E-state index in [1.165, 1.54) is 4.31 Å². The van der Waals surface area contributed by atoms with Gasteiger partial charge in [-0.25, -0.2) is 8.42 Å². The first kappa shape index (κ1) is 21.5. The number of hydrogen-bond donors (Lipinski definition) is 1. The Kier molecular flexibility index (Phi) is 6.72. The molecule has 6 nitrogen and oxygen atoms in total. The third-order valence-corrected chi connectivity index (χ3v) is 6.72. The van der Waals surface area contributed by atoms with Crippen molar-refractivity contribution in [3.05, 3.63) is 71.3 Å². The topological polar surface area (TPSA) is 75.7 Å². The van der Waals surface area contributed by atoms with Crippen LogP contribution in [-0.4, -0.2) is 50.5 Å². The Morgan fingerprint density at radius 1 is 1.00 bits per heavy atom. The fourth-order valence-electron chi connectivity index (χ4n) is 3.41. The van der Waals surface area contributed by atoms with Crippen molar-refractivity contribution in [1.29, 1.82) is 0 Å². The summed E-state index contributed by atoms with van der Waals surface area (Å²) in [5.74, 6) is -0.248. The van der Waals surface area contributed by atoms with Crippen LogP contribution in [0.25, 0.3) is 0 Å². The number of sulfonamides is 1. The first-order valence-corrected chi connectivity index (χ1v) is 11.4. The maximum absolute atomic E-state index is 12.6. The second-order valence-electron chi connectivity index (χ2n) is 7.96. The second kappa shape index (κ2) is 9.07. The van der Waals surface area contributed by atoms with Crippen molar-refractivity contribution < 1.29 is 17.9 Å². The van der Waals surface area contributed by atoms with E-state index in [-0.39, 0.29) is 11.7 Å². The van der Waals surface area contributed by atoms with Crippen molar-refractivity contribution in [1.82, 2.24) is 9.62 Å². The standard InChI is InChI=1S/C22H28N2O4S/c1-22(2,16-18-6-4-3-5-7-18)23-21(25)20-10-8-19(9-11-20)17-29(26,27)24-12-14-28-15-13-24/h3-11H,12-17H2,1-2H3,(H,23,25). The molecule has 0 radical (unpaired) electrons. The summed E-state index contributed by atoms with van der Waals surface area (Å²) in [6.07, 6.45) is 0.718. The van der Waals surface area contributed by atoms with E-state index in [9.17, 15) is 13.2 Å². The molecule has 1 aliphatic rings. The average molecular weight is 417 g/mol. The minimum Gasteiger partial charge on any atom is -0.379 e. The Bertz CT molecular complexity index is 919. The molecule has 0 saturated carbocycles. The van der Waals surface area contributed by atoms with Crippen molar-refractivity contribution in [3.63, 3.8) is 0 Å². The number of carbonyl (C=O) groups excluding carboxylic acids is 1. The van der Waals surface area contributed by atoms with Crippen LogP contribution in [0.4, 0.5) is 0 Å². The summed E-state index contributed by atoms with van der Waals surface area (Å²) in [6, 6.07) is 16.8. The van der Waals surface area contributed by atoms with Gasteiger partial charge in [-0.1, -0.05) is 42.5 Å². The van der Waals surface area contributed by atoms with E-state index in [0.29, 0.717) is 37.4 Å². The van der Waals surface area contributed by atoms with Gasteiger partial charge in [0.05, 0.1) is 19.0 Å². The SMILES string of the molecule is CC(C)(Cc1ccccc1)NC(=O)c1ccc(CS(=O)(=O)N2CCOCC2)cc1. The maximum Gasteiger partial charge on any atom is 0.251 e. The molecule has 3 rings (SSSR count). The van der Waals surface area contributed by atoms with Crippen LogP contribution in [0, 0.1) is 0 Å². The minimum atomic E-state index is -3.38. The number of nitrogens with zero attached hydrogens (tertiary/aromatic N) is 1. The molecule has 1 amide bonds. The van der Waals surface area contributed by atoms with Crippen LogP contribution in [-0.2, 0) is 26.9 Å². The number of rotatable bonds is 7. The highest BCUT2D eigenvalue weighted by molar-refractivity contribution is 7.88. The fraction of sp³-hybridized carbons (Fsp3) is 0.409. The summed E-state index contributed by atoms with van der Waals surface area (Å²) in [5.41, 5.74) is 1.92. The molecule has 1 N–H and O–H groups in total. The lowest BCUT2D eigenvalue weighted by Gasteiger charge is -2.27. The summed E-state index contributed by atoms with van der Waals surface area (Å²) in [4.78, 5) is 12.6. The van der Waals surface area contributed by atoms with Crippen LogP contribution in [0.15, 0.2) is 54.6 Å². The van der Waals surface area contributed by atoms with Crippen molar-refractivity contribution >= 4 is 15.9 Å². The molecule has 0 spiro atoms. The molecular formula is C22H28N2O4S. The predicted octanol–water partition coefficient (Wildman–Crippen LogP) is 2.60. The van der Waals surface area contributed by atoms with Crippen LogP contribution < -0.4 is 5.32 Å². The molecule has 7 heteroatoms. The summed E-state index contributed by atoms with van der Waals surface area (Å²) in [5, 5.41) is 3.06. The quantitative estimate of drug-likeness (QED) is 0.753. The third kappa shape index (κ3) is 6.13. The zero-order valence-electron chi connectivity index (χ0n) is 16.9.